The summed E-state index contributed by atoms with van der Waals surface area (Å²) >= 11 is 4.13. The van der Waals surface area contributed by atoms with E-state index >= 15 is 0 Å². The highest BCUT2D eigenvalue weighted by atomic mass is 127. The molecule has 9 heteroatoms. The van der Waals surface area contributed by atoms with Crippen LogP contribution in [-0.2, 0) is 9.84 Å². The molecule has 0 saturated heterocycles. The molecule has 2 rings (SSSR count). The maximum absolute atomic E-state index is 13.7. The van der Waals surface area contributed by atoms with E-state index in [4.69, 9.17) is 5.73 Å². The number of hydrogen-bond donors (Lipinski definition) is 1. The van der Waals surface area contributed by atoms with Crippen LogP contribution in [0.5, 0.6) is 0 Å². The molecule has 156 valence electrons. The van der Waals surface area contributed by atoms with E-state index in [1.54, 1.807) is 32.0 Å². The van der Waals surface area contributed by atoms with E-state index in [1.165, 1.54) is 11.0 Å². The zero-order valence-electron chi connectivity index (χ0n) is 16.5. The molecule has 2 aromatic carbocycles. The van der Waals surface area contributed by atoms with Gasteiger partial charge in [-0.05, 0) is 102 Å². The first kappa shape index (κ1) is 24.1. The van der Waals surface area contributed by atoms with Crippen molar-refractivity contribution in [3.63, 3.8) is 0 Å². The van der Waals surface area contributed by atoms with Crippen LogP contribution >= 0.6 is 45.2 Å². The molecule has 0 saturated carbocycles. The number of nitrogens with zero attached hydrogens (tertiary/aromatic N) is 1. The SMILES string of the molecule is Cc1cc(I)ccc1N(C(=O)c1cccc(I)c1C(N)=O)C(C)(C)CS(C)(=O)=O. The number of halogens is 2. The Labute approximate surface area is 198 Å². The Balaban J connectivity index is 2.76. The lowest BCUT2D eigenvalue weighted by atomic mass is 9.98. The molecule has 0 unspecified atom stereocenters. The minimum atomic E-state index is -3.39. The first-order chi connectivity index (χ1) is 13.2. The summed E-state index contributed by atoms with van der Waals surface area (Å²) in [5.41, 5.74) is 6.14. The van der Waals surface area contributed by atoms with Crippen molar-refractivity contribution in [2.24, 2.45) is 5.73 Å². The Morgan fingerprint density at radius 3 is 2.28 bits per heavy atom. The number of primary amides is 1. The van der Waals surface area contributed by atoms with Crippen molar-refractivity contribution in [1.29, 1.82) is 0 Å². The van der Waals surface area contributed by atoms with Crippen LogP contribution in [0.1, 0.15) is 40.1 Å². The minimum absolute atomic E-state index is 0.126. The molecule has 0 fully saturated rings. The van der Waals surface area contributed by atoms with E-state index < -0.39 is 27.2 Å². The number of anilines is 1. The molecule has 0 radical (unpaired) electrons. The smallest absolute Gasteiger partial charge is 0.259 e. The summed E-state index contributed by atoms with van der Waals surface area (Å²) < 4.78 is 25.7. The Morgan fingerprint density at radius 1 is 1.14 bits per heavy atom. The first-order valence-electron chi connectivity index (χ1n) is 8.61. The molecule has 0 aromatic heterocycles. The van der Waals surface area contributed by atoms with Crippen molar-refractivity contribution in [2.45, 2.75) is 26.3 Å². The van der Waals surface area contributed by atoms with Crippen molar-refractivity contribution in [3.05, 3.63) is 60.2 Å². The van der Waals surface area contributed by atoms with Gasteiger partial charge in [0.1, 0.15) is 9.84 Å². The number of carbonyl (C=O) groups excluding carboxylic acids is 2. The van der Waals surface area contributed by atoms with Gasteiger partial charge >= 0.3 is 0 Å². The highest BCUT2D eigenvalue weighted by Gasteiger charge is 2.38. The van der Waals surface area contributed by atoms with Gasteiger partial charge in [0.05, 0.1) is 22.4 Å². The Bertz CT molecular complexity index is 1080. The fourth-order valence-electron chi connectivity index (χ4n) is 3.36. The van der Waals surface area contributed by atoms with Crippen LogP contribution in [0, 0.1) is 14.1 Å². The van der Waals surface area contributed by atoms with E-state index in [0.29, 0.717) is 9.26 Å². The quantitative estimate of drug-likeness (QED) is 0.487. The van der Waals surface area contributed by atoms with Crippen LogP contribution in [0.4, 0.5) is 5.69 Å². The van der Waals surface area contributed by atoms with Gasteiger partial charge in [-0.25, -0.2) is 8.42 Å². The average molecular weight is 640 g/mol. The molecule has 0 spiro atoms. The predicted molar refractivity (Wildman–Crippen MR) is 132 cm³/mol. The van der Waals surface area contributed by atoms with Crippen LogP contribution in [0.15, 0.2) is 36.4 Å². The van der Waals surface area contributed by atoms with Crippen LogP contribution in [-0.4, -0.2) is 37.8 Å². The van der Waals surface area contributed by atoms with Crippen LogP contribution < -0.4 is 10.6 Å². The summed E-state index contributed by atoms with van der Waals surface area (Å²) in [5.74, 6) is -1.43. The Hall–Kier alpha value is -1.21. The van der Waals surface area contributed by atoms with Gasteiger partial charge in [0.2, 0.25) is 0 Å². The molecule has 6 nitrogen and oxygen atoms in total. The molecule has 0 aliphatic rings. The van der Waals surface area contributed by atoms with E-state index in [9.17, 15) is 18.0 Å². The summed E-state index contributed by atoms with van der Waals surface area (Å²) in [6, 6.07) is 10.5. The van der Waals surface area contributed by atoms with Gasteiger partial charge in [-0.2, -0.15) is 0 Å². The summed E-state index contributed by atoms with van der Waals surface area (Å²) in [4.78, 5) is 27.2. The summed E-state index contributed by atoms with van der Waals surface area (Å²) in [5, 5.41) is 0. The van der Waals surface area contributed by atoms with Crippen molar-refractivity contribution in [2.75, 3.05) is 16.9 Å². The van der Waals surface area contributed by atoms with Crippen LogP contribution in [0.3, 0.4) is 0 Å². The minimum Gasteiger partial charge on any atom is -0.366 e. The van der Waals surface area contributed by atoms with Gasteiger partial charge < -0.3 is 10.6 Å². The predicted octanol–water partition coefficient (Wildman–Crippen LogP) is 3.77. The number of sulfone groups is 1. The highest BCUT2D eigenvalue weighted by Crippen LogP contribution is 2.32. The molecule has 29 heavy (non-hydrogen) atoms. The maximum Gasteiger partial charge on any atom is 0.259 e. The molecule has 0 aliphatic carbocycles. The number of hydrogen-bond acceptors (Lipinski definition) is 4. The number of carbonyl (C=O) groups is 2. The largest absolute Gasteiger partial charge is 0.366 e. The van der Waals surface area contributed by atoms with E-state index in [-0.39, 0.29) is 16.9 Å². The maximum atomic E-state index is 13.7. The number of benzene rings is 2. The molecule has 2 N–H and O–H groups in total. The van der Waals surface area contributed by atoms with Crippen molar-refractivity contribution in [1.82, 2.24) is 0 Å². The first-order valence-corrected chi connectivity index (χ1v) is 12.8. The molecule has 2 aromatic rings. The molecule has 0 atom stereocenters. The zero-order chi connectivity index (χ0) is 22.1. The van der Waals surface area contributed by atoms with Gasteiger partial charge in [0, 0.05) is 19.1 Å². The van der Waals surface area contributed by atoms with Crippen molar-refractivity contribution < 1.29 is 18.0 Å². The molecule has 0 bridgehead atoms. The second kappa shape index (κ2) is 8.88. The summed E-state index contributed by atoms with van der Waals surface area (Å²) in [6.07, 6.45) is 1.14. The lowest BCUT2D eigenvalue weighted by Gasteiger charge is -2.39. The molecule has 2 amide bonds. The second-order valence-corrected chi connectivity index (χ2v) is 12.0. The summed E-state index contributed by atoms with van der Waals surface area (Å²) in [6.45, 7) is 5.25. The molecular weight excluding hydrogens is 618 g/mol. The number of aryl methyl sites for hydroxylation is 1. The van der Waals surface area contributed by atoms with Gasteiger partial charge in [0.15, 0.2) is 0 Å². The van der Waals surface area contributed by atoms with Gasteiger partial charge in [-0.3, -0.25) is 9.59 Å². The average Bonchev–Trinajstić information content (AvgIpc) is 2.53. The fourth-order valence-corrected chi connectivity index (χ4v) is 6.18. The van der Waals surface area contributed by atoms with Crippen molar-refractivity contribution >= 4 is 72.5 Å². The van der Waals surface area contributed by atoms with Crippen LogP contribution in [0.25, 0.3) is 0 Å². The van der Waals surface area contributed by atoms with Gasteiger partial charge in [0.25, 0.3) is 11.8 Å². The van der Waals surface area contributed by atoms with E-state index in [2.05, 4.69) is 22.6 Å². The second-order valence-electron chi connectivity index (χ2n) is 7.48. The molecular formula is C20H22I2N2O4S. The normalized spacial score (nSPS) is 11.9. The van der Waals surface area contributed by atoms with E-state index in [0.717, 1.165) is 15.4 Å². The topological polar surface area (TPSA) is 97.5 Å². The number of amides is 2. The highest BCUT2D eigenvalue weighted by molar-refractivity contribution is 14.1. The summed E-state index contributed by atoms with van der Waals surface area (Å²) in [7, 11) is -3.39. The fraction of sp³-hybridized carbons (Fsp3) is 0.300. The number of nitrogens with two attached hydrogens (primary N) is 1. The third kappa shape index (κ3) is 5.69. The molecule has 0 heterocycles. The zero-order valence-corrected chi connectivity index (χ0v) is 21.6. The third-order valence-corrected chi connectivity index (χ3v) is 7.11. The van der Waals surface area contributed by atoms with Gasteiger partial charge in [-0.15, -0.1) is 0 Å². The van der Waals surface area contributed by atoms with Gasteiger partial charge in [-0.1, -0.05) is 6.07 Å². The third-order valence-electron chi connectivity index (χ3n) is 4.31. The van der Waals surface area contributed by atoms with Crippen molar-refractivity contribution in [3.8, 4) is 0 Å². The lowest BCUT2D eigenvalue weighted by Crippen LogP contribution is -2.52. The van der Waals surface area contributed by atoms with Crippen LogP contribution in [0.2, 0.25) is 0 Å². The number of rotatable bonds is 6. The molecule has 0 aliphatic heterocycles. The van der Waals surface area contributed by atoms with E-state index in [1.807, 2.05) is 41.6 Å². The lowest BCUT2D eigenvalue weighted by molar-refractivity contribution is 0.0945. The Morgan fingerprint density at radius 2 is 1.76 bits per heavy atom. The monoisotopic (exact) mass is 640 g/mol. The Kier molecular flexibility index (Phi) is 7.37. The standard InChI is InChI=1S/C20H22I2N2O4S/c1-12-10-13(21)8-9-16(12)24(20(2,3)11-29(4,27)28)19(26)14-6-5-7-15(22)17(14)18(23)25/h5-10H,11H2,1-4H3,(H2,23,25).